The van der Waals surface area contributed by atoms with E-state index in [0.717, 1.165) is 0 Å². The highest BCUT2D eigenvalue weighted by atomic mass is 16.6. The number of rotatable bonds is 3. The van der Waals surface area contributed by atoms with Gasteiger partial charge in [0.2, 0.25) is 0 Å². The summed E-state index contributed by atoms with van der Waals surface area (Å²) in [6.45, 7) is 2.66. The minimum atomic E-state index is -0.493. The predicted octanol–water partition coefficient (Wildman–Crippen LogP) is 1.85. The van der Waals surface area contributed by atoms with Gasteiger partial charge in [-0.15, -0.1) is 0 Å². The molecule has 1 fully saturated rings. The Kier molecular flexibility index (Phi) is 3.57. The maximum absolute atomic E-state index is 11.9. The molecule has 1 heterocycles. The van der Waals surface area contributed by atoms with Gasteiger partial charge >= 0.3 is 5.97 Å². The fourth-order valence-corrected chi connectivity index (χ4v) is 1.81. The number of nitro benzene ring substituents is 1. The minimum absolute atomic E-state index is 0.0340. The third-order valence-corrected chi connectivity index (χ3v) is 2.80. The highest BCUT2D eigenvalue weighted by Gasteiger charge is 2.22. The van der Waals surface area contributed by atoms with E-state index in [0.29, 0.717) is 30.8 Å². The van der Waals surface area contributed by atoms with Gasteiger partial charge in [0.1, 0.15) is 6.10 Å². The van der Waals surface area contributed by atoms with E-state index in [4.69, 9.17) is 9.47 Å². The van der Waals surface area contributed by atoms with Gasteiger partial charge in [0, 0.05) is 18.6 Å². The molecule has 0 bridgehead atoms. The highest BCUT2D eigenvalue weighted by molar-refractivity contribution is 5.91. The van der Waals surface area contributed by atoms with Crippen molar-refractivity contribution in [2.24, 2.45) is 0 Å². The van der Waals surface area contributed by atoms with E-state index in [-0.39, 0.29) is 11.8 Å². The number of carbonyl (C=O) groups is 1. The Morgan fingerprint density at radius 1 is 1.56 bits per heavy atom. The molecule has 0 saturated carbocycles. The van der Waals surface area contributed by atoms with Crippen molar-refractivity contribution in [3.8, 4) is 0 Å². The van der Waals surface area contributed by atoms with Crippen molar-refractivity contribution in [3.63, 3.8) is 0 Å². The predicted molar refractivity (Wildman–Crippen MR) is 62.5 cm³/mol. The third-order valence-electron chi connectivity index (χ3n) is 2.80. The molecule has 0 amide bonds. The molecule has 96 valence electrons. The molecule has 0 N–H and O–H groups in total. The van der Waals surface area contributed by atoms with E-state index in [1.165, 1.54) is 18.2 Å². The highest BCUT2D eigenvalue weighted by Crippen LogP contribution is 2.19. The molecule has 0 spiro atoms. The normalized spacial score (nSPS) is 18.6. The number of nitrogens with zero attached hydrogens (tertiary/aromatic N) is 1. The molecule has 0 radical (unpaired) electrons. The summed E-state index contributed by atoms with van der Waals surface area (Å²) in [7, 11) is 0. The van der Waals surface area contributed by atoms with Crippen LogP contribution >= 0.6 is 0 Å². The average molecular weight is 251 g/mol. The van der Waals surface area contributed by atoms with Crippen LogP contribution in [0.2, 0.25) is 0 Å². The van der Waals surface area contributed by atoms with Crippen LogP contribution in [0, 0.1) is 17.0 Å². The van der Waals surface area contributed by atoms with Crippen LogP contribution in [0.4, 0.5) is 5.69 Å². The number of hydrogen-bond acceptors (Lipinski definition) is 5. The molecule has 1 aliphatic heterocycles. The van der Waals surface area contributed by atoms with Crippen LogP contribution in [0.3, 0.4) is 0 Å². The lowest BCUT2D eigenvalue weighted by Gasteiger charge is -2.11. The molecule has 1 saturated heterocycles. The number of carbonyl (C=O) groups excluding carboxylic acids is 1. The summed E-state index contributed by atoms with van der Waals surface area (Å²) in [5, 5.41) is 10.6. The zero-order chi connectivity index (χ0) is 13.1. The number of hydrogen-bond donors (Lipinski definition) is 0. The van der Waals surface area contributed by atoms with Crippen molar-refractivity contribution in [2.45, 2.75) is 19.4 Å². The Bertz CT molecular complexity index is 479. The van der Waals surface area contributed by atoms with Crippen molar-refractivity contribution >= 4 is 11.7 Å². The topological polar surface area (TPSA) is 78.7 Å². The number of non-ortho nitro benzene ring substituents is 1. The number of esters is 1. The van der Waals surface area contributed by atoms with Gasteiger partial charge in [0.25, 0.3) is 5.69 Å². The van der Waals surface area contributed by atoms with Crippen molar-refractivity contribution in [1.29, 1.82) is 0 Å². The summed E-state index contributed by atoms with van der Waals surface area (Å²) < 4.78 is 10.4. The first-order valence-corrected chi connectivity index (χ1v) is 5.61. The van der Waals surface area contributed by atoms with Crippen LogP contribution in [0.25, 0.3) is 0 Å². The van der Waals surface area contributed by atoms with Gasteiger partial charge in [-0.25, -0.2) is 4.79 Å². The van der Waals surface area contributed by atoms with E-state index >= 15 is 0 Å². The second kappa shape index (κ2) is 5.14. The van der Waals surface area contributed by atoms with Crippen LogP contribution in [-0.4, -0.2) is 30.2 Å². The smallest absolute Gasteiger partial charge is 0.338 e. The Hall–Kier alpha value is -1.95. The van der Waals surface area contributed by atoms with Crippen LogP contribution in [0.1, 0.15) is 22.3 Å². The summed E-state index contributed by atoms with van der Waals surface area (Å²) in [4.78, 5) is 21.9. The molecule has 18 heavy (non-hydrogen) atoms. The Balaban J connectivity index is 2.12. The lowest BCUT2D eigenvalue weighted by molar-refractivity contribution is -0.384. The SMILES string of the molecule is Cc1cc([N+](=O)[O-])ccc1C(=O)OC1CCOC1. The first-order valence-electron chi connectivity index (χ1n) is 5.61. The lowest BCUT2D eigenvalue weighted by Crippen LogP contribution is -2.18. The molecule has 6 nitrogen and oxygen atoms in total. The Labute approximate surface area is 104 Å². The quantitative estimate of drug-likeness (QED) is 0.465. The van der Waals surface area contributed by atoms with E-state index in [1.54, 1.807) is 6.92 Å². The molecular weight excluding hydrogens is 238 g/mol. The van der Waals surface area contributed by atoms with E-state index < -0.39 is 10.9 Å². The van der Waals surface area contributed by atoms with Gasteiger partial charge in [-0.2, -0.15) is 0 Å². The summed E-state index contributed by atoms with van der Waals surface area (Å²) >= 11 is 0. The maximum atomic E-state index is 11.9. The van der Waals surface area contributed by atoms with Gasteiger partial charge in [-0.05, 0) is 18.6 Å². The molecule has 1 unspecified atom stereocenters. The summed E-state index contributed by atoms with van der Waals surface area (Å²) in [6.07, 6.45) is 0.477. The second-order valence-electron chi connectivity index (χ2n) is 4.15. The molecule has 6 heteroatoms. The van der Waals surface area contributed by atoms with E-state index in [2.05, 4.69) is 0 Å². The van der Waals surface area contributed by atoms with Gasteiger partial charge in [-0.1, -0.05) is 0 Å². The van der Waals surface area contributed by atoms with Gasteiger partial charge in [-0.3, -0.25) is 10.1 Å². The third kappa shape index (κ3) is 2.65. The maximum Gasteiger partial charge on any atom is 0.338 e. The second-order valence-corrected chi connectivity index (χ2v) is 4.15. The Morgan fingerprint density at radius 2 is 2.33 bits per heavy atom. The summed E-state index contributed by atoms with van der Waals surface area (Å²) in [5.41, 5.74) is 0.855. The zero-order valence-corrected chi connectivity index (χ0v) is 9.92. The van der Waals surface area contributed by atoms with Gasteiger partial charge < -0.3 is 9.47 Å². The van der Waals surface area contributed by atoms with Crippen molar-refractivity contribution in [2.75, 3.05) is 13.2 Å². The average Bonchev–Trinajstić information content (AvgIpc) is 2.81. The van der Waals surface area contributed by atoms with Crippen molar-refractivity contribution in [3.05, 3.63) is 39.4 Å². The Morgan fingerprint density at radius 3 is 2.89 bits per heavy atom. The van der Waals surface area contributed by atoms with Crippen molar-refractivity contribution in [1.82, 2.24) is 0 Å². The van der Waals surface area contributed by atoms with E-state index in [9.17, 15) is 14.9 Å². The monoisotopic (exact) mass is 251 g/mol. The fraction of sp³-hybridized carbons (Fsp3) is 0.417. The van der Waals surface area contributed by atoms with Crippen LogP contribution in [0.5, 0.6) is 0 Å². The molecule has 0 aliphatic carbocycles. The molecular formula is C12H13NO5. The fourth-order valence-electron chi connectivity index (χ4n) is 1.81. The molecule has 1 aromatic rings. The first-order chi connectivity index (χ1) is 8.58. The number of aryl methyl sites for hydroxylation is 1. The zero-order valence-electron chi connectivity index (χ0n) is 9.92. The summed E-state index contributed by atoms with van der Waals surface area (Å²) in [5.74, 6) is -0.460. The molecule has 2 rings (SSSR count). The number of nitro groups is 1. The number of benzene rings is 1. The molecule has 1 aliphatic rings. The van der Waals surface area contributed by atoms with Crippen LogP contribution in [0.15, 0.2) is 18.2 Å². The van der Waals surface area contributed by atoms with Crippen LogP contribution < -0.4 is 0 Å². The largest absolute Gasteiger partial charge is 0.456 e. The van der Waals surface area contributed by atoms with Crippen molar-refractivity contribution < 1.29 is 19.2 Å². The molecule has 0 aromatic heterocycles. The van der Waals surface area contributed by atoms with Crippen LogP contribution in [-0.2, 0) is 9.47 Å². The number of ether oxygens (including phenoxy) is 2. The van der Waals surface area contributed by atoms with Gasteiger partial charge in [0.15, 0.2) is 0 Å². The molecule has 1 atom stereocenters. The summed E-state index contributed by atoms with van der Waals surface area (Å²) in [6, 6.07) is 4.09. The lowest BCUT2D eigenvalue weighted by atomic mass is 10.1. The van der Waals surface area contributed by atoms with Gasteiger partial charge in [0.05, 0.1) is 23.7 Å². The standard InChI is InChI=1S/C12H13NO5/c1-8-6-9(13(15)16)2-3-11(8)12(14)18-10-4-5-17-7-10/h2-3,6,10H,4-5,7H2,1H3. The first kappa shape index (κ1) is 12.5. The van der Waals surface area contributed by atoms with E-state index in [1.807, 2.05) is 0 Å². The molecule has 1 aromatic carbocycles. The minimum Gasteiger partial charge on any atom is -0.456 e.